The first kappa shape index (κ1) is 16.4. The number of anilines is 1. The van der Waals surface area contributed by atoms with E-state index in [1.165, 1.54) is 5.56 Å². The molecule has 0 saturated carbocycles. The molecule has 0 fully saturated rings. The lowest BCUT2D eigenvalue weighted by molar-refractivity contribution is 0.523. The zero-order chi connectivity index (χ0) is 17.6. The fraction of sp³-hybridized carbons (Fsp3) is 0.300. The predicted molar refractivity (Wildman–Crippen MR) is 100 cm³/mol. The second kappa shape index (κ2) is 6.00. The zero-order valence-electron chi connectivity index (χ0n) is 14.4. The van der Waals surface area contributed by atoms with Crippen molar-refractivity contribution in [2.24, 2.45) is 0 Å². The fourth-order valence-electron chi connectivity index (χ4n) is 3.89. The molecule has 0 bridgehead atoms. The van der Waals surface area contributed by atoms with Crippen molar-refractivity contribution in [1.29, 1.82) is 0 Å². The summed E-state index contributed by atoms with van der Waals surface area (Å²) in [6, 6.07) is 13.2. The maximum Gasteiger partial charge on any atom is 0.257 e. The van der Waals surface area contributed by atoms with Crippen LogP contribution in [0.5, 0.6) is 0 Å². The maximum atomic E-state index is 12.9. The Morgan fingerprint density at radius 2 is 1.84 bits per heavy atom. The van der Waals surface area contributed by atoms with Gasteiger partial charge in [0, 0.05) is 5.92 Å². The minimum absolute atomic E-state index is 0.0325. The standard InChI is InChI=1S/C20H22N2O2S/c1-14-10-12-16(13-11-14)25(23,24)21-22-19-9-4-3-7-17(19)18-8-5-6-15(2)20(18)22/h4-6,8-13,17,19,21H,3,7H2,1-2H3. The first-order valence-electron chi connectivity index (χ1n) is 8.62. The Morgan fingerprint density at radius 3 is 2.60 bits per heavy atom. The first-order valence-corrected chi connectivity index (χ1v) is 10.1. The normalized spacial score (nSPS) is 21.9. The zero-order valence-corrected chi connectivity index (χ0v) is 15.3. The van der Waals surface area contributed by atoms with Gasteiger partial charge in [0.05, 0.1) is 16.6 Å². The van der Waals surface area contributed by atoms with Gasteiger partial charge in [-0.15, -0.1) is 4.83 Å². The van der Waals surface area contributed by atoms with Crippen LogP contribution in [0.25, 0.3) is 0 Å². The van der Waals surface area contributed by atoms with Crippen LogP contribution in [0.15, 0.2) is 59.5 Å². The molecule has 0 amide bonds. The number of nitrogens with zero attached hydrogens (tertiary/aromatic N) is 1. The van der Waals surface area contributed by atoms with Crippen LogP contribution in [0.4, 0.5) is 5.69 Å². The summed E-state index contributed by atoms with van der Waals surface area (Å²) in [5, 5.41) is 1.85. The molecular weight excluding hydrogens is 332 g/mol. The number of hydrogen-bond acceptors (Lipinski definition) is 3. The average Bonchev–Trinajstić information content (AvgIpc) is 2.90. The SMILES string of the molecule is Cc1ccc(S(=O)(=O)NN2c3c(C)cccc3C3CCC=CC32)cc1. The van der Waals surface area contributed by atoms with Crippen molar-refractivity contribution in [2.45, 2.75) is 43.5 Å². The number of allylic oxidation sites excluding steroid dienone is 1. The summed E-state index contributed by atoms with van der Waals surface area (Å²) < 4.78 is 25.8. The summed E-state index contributed by atoms with van der Waals surface area (Å²) >= 11 is 0. The summed E-state index contributed by atoms with van der Waals surface area (Å²) in [5.74, 6) is 0.334. The van der Waals surface area contributed by atoms with Crippen molar-refractivity contribution in [3.63, 3.8) is 0 Å². The Balaban J connectivity index is 1.75. The molecule has 2 aromatic rings. The van der Waals surface area contributed by atoms with E-state index in [0.29, 0.717) is 5.92 Å². The molecule has 0 radical (unpaired) electrons. The van der Waals surface area contributed by atoms with E-state index in [0.717, 1.165) is 29.7 Å². The lowest BCUT2D eigenvalue weighted by Crippen LogP contribution is -2.47. The molecule has 0 saturated heterocycles. The average molecular weight is 354 g/mol. The Hall–Kier alpha value is -2.11. The molecule has 4 nitrogen and oxygen atoms in total. The van der Waals surface area contributed by atoms with Gasteiger partial charge in [0.25, 0.3) is 10.0 Å². The minimum Gasteiger partial charge on any atom is -0.287 e. The highest BCUT2D eigenvalue weighted by atomic mass is 32.2. The highest BCUT2D eigenvalue weighted by Crippen LogP contribution is 2.46. The molecule has 0 aromatic heterocycles. The molecule has 5 heteroatoms. The third-order valence-electron chi connectivity index (χ3n) is 5.15. The highest BCUT2D eigenvalue weighted by molar-refractivity contribution is 7.89. The van der Waals surface area contributed by atoms with E-state index in [9.17, 15) is 8.42 Å². The van der Waals surface area contributed by atoms with Crippen molar-refractivity contribution < 1.29 is 8.42 Å². The molecule has 1 aliphatic carbocycles. The minimum atomic E-state index is -3.63. The van der Waals surface area contributed by atoms with Crippen molar-refractivity contribution in [3.05, 3.63) is 71.3 Å². The number of sulfonamides is 1. The number of benzene rings is 2. The monoisotopic (exact) mass is 354 g/mol. The van der Waals surface area contributed by atoms with Gasteiger partial charge < -0.3 is 0 Å². The van der Waals surface area contributed by atoms with Crippen LogP contribution in [0, 0.1) is 13.8 Å². The Morgan fingerprint density at radius 1 is 1.08 bits per heavy atom. The maximum absolute atomic E-state index is 12.9. The van der Waals surface area contributed by atoms with E-state index in [1.54, 1.807) is 12.1 Å². The number of para-hydroxylation sites is 1. The third kappa shape index (κ3) is 2.77. The predicted octanol–water partition coefficient (Wildman–Crippen LogP) is 3.82. The van der Waals surface area contributed by atoms with Crippen LogP contribution in [-0.4, -0.2) is 14.5 Å². The molecular formula is C20H22N2O2S. The second-order valence-corrected chi connectivity index (χ2v) is 8.55. The van der Waals surface area contributed by atoms with E-state index < -0.39 is 10.0 Å². The molecule has 2 aliphatic rings. The number of fused-ring (bicyclic) bond motifs is 3. The number of rotatable bonds is 3. The van der Waals surface area contributed by atoms with Crippen LogP contribution < -0.4 is 9.84 Å². The van der Waals surface area contributed by atoms with Gasteiger partial charge in [0.15, 0.2) is 0 Å². The van der Waals surface area contributed by atoms with Gasteiger partial charge in [-0.1, -0.05) is 48.0 Å². The summed E-state index contributed by atoms with van der Waals surface area (Å²) in [6.07, 6.45) is 6.36. The lowest BCUT2D eigenvalue weighted by Gasteiger charge is -2.30. The van der Waals surface area contributed by atoms with Gasteiger partial charge in [0.1, 0.15) is 0 Å². The molecule has 4 rings (SSSR count). The molecule has 1 heterocycles. The van der Waals surface area contributed by atoms with Crippen LogP contribution in [0.2, 0.25) is 0 Å². The Bertz CT molecular complexity index is 933. The molecule has 1 aliphatic heterocycles. The van der Waals surface area contributed by atoms with Crippen molar-refractivity contribution >= 4 is 15.7 Å². The van der Waals surface area contributed by atoms with Crippen molar-refractivity contribution in [2.75, 3.05) is 5.01 Å². The van der Waals surface area contributed by atoms with Crippen LogP contribution in [0.3, 0.4) is 0 Å². The Labute approximate surface area is 149 Å². The number of hydrazine groups is 1. The summed E-state index contributed by atoms with van der Waals surface area (Å²) in [5.41, 5.74) is 4.36. The van der Waals surface area contributed by atoms with Crippen molar-refractivity contribution in [1.82, 2.24) is 4.83 Å². The smallest absolute Gasteiger partial charge is 0.257 e. The molecule has 1 N–H and O–H groups in total. The molecule has 130 valence electrons. The van der Waals surface area contributed by atoms with E-state index in [-0.39, 0.29) is 10.9 Å². The first-order chi connectivity index (χ1) is 12.0. The van der Waals surface area contributed by atoms with Crippen molar-refractivity contribution in [3.8, 4) is 0 Å². The fourth-order valence-corrected chi connectivity index (χ4v) is 4.96. The van der Waals surface area contributed by atoms with Crippen LogP contribution in [-0.2, 0) is 10.0 Å². The summed E-state index contributed by atoms with van der Waals surface area (Å²) in [6.45, 7) is 3.98. The molecule has 2 unspecified atom stereocenters. The molecule has 25 heavy (non-hydrogen) atoms. The van der Waals surface area contributed by atoms with E-state index >= 15 is 0 Å². The van der Waals surface area contributed by atoms with Gasteiger partial charge in [-0.2, -0.15) is 0 Å². The van der Waals surface area contributed by atoms with Crippen LogP contribution in [0.1, 0.15) is 35.4 Å². The number of nitrogens with one attached hydrogen (secondary N) is 1. The topological polar surface area (TPSA) is 49.4 Å². The van der Waals surface area contributed by atoms with E-state index in [4.69, 9.17) is 0 Å². The second-order valence-electron chi connectivity index (χ2n) is 6.89. The highest BCUT2D eigenvalue weighted by Gasteiger charge is 2.40. The third-order valence-corrected chi connectivity index (χ3v) is 6.48. The Kier molecular flexibility index (Phi) is 3.93. The number of hydrogen-bond donors (Lipinski definition) is 1. The molecule has 0 spiro atoms. The summed E-state index contributed by atoms with van der Waals surface area (Å²) in [7, 11) is -3.63. The van der Waals surface area contributed by atoms with Gasteiger partial charge in [-0.3, -0.25) is 5.01 Å². The van der Waals surface area contributed by atoms with Gasteiger partial charge in [-0.05, 0) is 49.9 Å². The van der Waals surface area contributed by atoms with Gasteiger partial charge >= 0.3 is 0 Å². The van der Waals surface area contributed by atoms with Gasteiger partial charge in [0.2, 0.25) is 0 Å². The largest absolute Gasteiger partial charge is 0.287 e. The van der Waals surface area contributed by atoms with E-state index in [2.05, 4.69) is 29.1 Å². The molecule has 2 aromatic carbocycles. The lowest BCUT2D eigenvalue weighted by atomic mass is 9.86. The number of aryl methyl sites for hydroxylation is 2. The van der Waals surface area contributed by atoms with E-state index in [1.807, 2.05) is 37.1 Å². The summed E-state index contributed by atoms with van der Waals surface area (Å²) in [4.78, 5) is 3.13. The quantitative estimate of drug-likeness (QED) is 0.853. The molecule has 2 atom stereocenters. The van der Waals surface area contributed by atoms with Gasteiger partial charge in [-0.25, -0.2) is 8.42 Å². The van der Waals surface area contributed by atoms with Crippen LogP contribution >= 0.6 is 0 Å².